The molecule has 0 aliphatic carbocycles. The third-order valence-corrected chi connectivity index (χ3v) is 8.14. The van der Waals surface area contributed by atoms with Gasteiger partial charge in [-0.05, 0) is 30.3 Å². The van der Waals surface area contributed by atoms with Crippen LogP contribution in [-0.4, -0.2) is 33.4 Å². The van der Waals surface area contributed by atoms with Gasteiger partial charge in [-0.3, -0.25) is 0 Å². The largest absolute Gasteiger partial charge is 0.274 e. The molecule has 0 aromatic rings. The monoisotopic (exact) mass is 495 g/mol. The highest BCUT2D eigenvalue weighted by Crippen LogP contribution is 2.39. The maximum Gasteiger partial charge on any atom is 0.274 e. The van der Waals surface area contributed by atoms with Crippen LogP contribution >= 0.6 is 0 Å². The Bertz CT molecular complexity index is 999. The number of hydrogen-bond acceptors (Lipinski definition) is 7. The van der Waals surface area contributed by atoms with Crippen LogP contribution in [0.15, 0.2) is 15.3 Å². The Kier molecular flexibility index (Phi) is 10.6. The van der Waals surface area contributed by atoms with Gasteiger partial charge in [-0.15, -0.1) is 4.70 Å². The van der Waals surface area contributed by atoms with Crippen molar-refractivity contribution in [1.29, 1.82) is 21.0 Å². The Morgan fingerprint density at radius 3 is 1.39 bits per heavy atom. The predicted octanol–water partition coefficient (Wildman–Crippen LogP) is 7.20. The van der Waals surface area contributed by atoms with E-state index in [9.17, 15) is 21.0 Å². The molecule has 8 heteroatoms. The average molecular weight is 496 g/mol. The van der Waals surface area contributed by atoms with Crippen molar-refractivity contribution in [2.75, 3.05) is 6.54 Å². The van der Waals surface area contributed by atoms with Crippen molar-refractivity contribution >= 4 is 0 Å². The van der Waals surface area contributed by atoms with Crippen molar-refractivity contribution in [3.63, 3.8) is 0 Å². The molecule has 0 bridgehead atoms. The lowest BCUT2D eigenvalue weighted by Gasteiger charge is -2.35. The molecule has 0 aliphatic rings. The van der Waals surface area contributed by atoms with Crippen LogP contribution in [0.25, 0.3) is 0 Å². The van der Waals surface area contributed by atoms with E-state index < -0.39 is 33.0 Å². The molecule has 4 unspecified atom stereocenters. The van der Waals surface area contributed by atoms with E-state index in [1.54, 1.807) is 11.6 Å². The summed E-state index contributed by atoms with van der Waals surface area (Å²) in [6.45, 7) is 25.1. The normalized spacial score (nSPS) is 19.8. The maximum atomic E-state index is 10.3. The molecule has 0 aromatic heterocycles. The van der Waals surface area contributed by atoms with Gasteiger partial charge >= 0.3 is 0 Å². The second kappa shape index (κ2) is 11.5. The lowest BCUT2D eigenvalue weighted by atomic mass is 9.74. The number of nitrogens with zero attached hydrogens (tertiary/aromatic N) is 8. The van der Waals surface area contributed by atoms with Crippen molar-refractivity contribution in [2.45, 2.75) is 125 Å². The van der Waals surface area contributed by atoms with Gasteiger partial charge in [0, 0.05) is 24.2 Å². The van der Waals surface area contributed by atoms with Crippen LogP contribution in [-0.2, 0) is 0 Å². The van der Waals surface area contributed by atoms with Crippen LogP contribution in [0.5, 0.6) is 0 Å². The van der Waals surface area contributed by atoms with Gasteiger partial charge in [0.05, 0.1) is 18.2 Å². The summed E-state index contributed by atoms with van der Waals surface area (Å²) in [4.78, 5) is 0. The second-order valence-electron chi connectivity index (χ2n) is 12.8. The molecular formula is C28H47N8+. The van der Waals surface area contributed by atoms with Crippen molar-refractivity contribution < 1.29 is 4.70 Å². The van der Waals surface area contributed by atoms with Crippen LogP contribution in [0, 0.1) is 68.0 Å². The van der Waals surface area contributed by atoms with Gasteiger partial charge in [0.15, 0.2) is 17.6 Å². The Balaban J connectivity index is 6.99. The van der Waals surface area contributed by atoms with Gasteiger partial charge in [0.2, 0.25) is 5.54 Å². The summed E-state index contributed by atoms with van der Waals surface area (Å²) in [7, 11) is 0. The maximum absolute atomic E-state index is 10.3. The number of azo groups is 3. The summed E-state index contributed by atoms with van der Waals surface area (Å²) in [5, 5.41) is 54.5. The molecule has 0 aliphatic heterocycles. The topological polar surface area (TPSA) is 135 Å². The van der Waals surface area contributed by atoms with Crippen molar-refractivity contribution in [3.05, 3.63) is 0 Å². The Hall–Kier alpha value is -2.84. The summed E-state index contributed by atoms with van der Waals surface area (Å²) in [6.07, 6.45) is 0.713. The molecule has 198 valence electrons. The van der Waals surface area contributed by atoms with E-state index >= 15 is 0 Å². The van der Waals surface area contributed by atoms with E-state index in [1.165, 1.54) is 0 Å². The molecule has 0 spiro atoms. The van der Waals surface area contributed by atoms with Crippen molar-refractivity contribution in [3.8, 4) is 24.3 Å². The fourth-order valence-electron chi connectivity index (χ4n) is 3.51. The number of hydrogen-bond donors (Lipinski definition) is 0. The standard InChI is InChI=1S/C28H47N8/c1-14-27(19-31,21(2)3)33-34-28(20-32,22(4)5)15-16-36(26(13,18-30)24(9,10)11)35-25(12,17-29)23(6,7)8/h21-22H,14-16H2,1-13H3/q+1. The first-order valence-electron chi connectivity index (χ1n) is 12.8. The summed E-state index contributed by atoms with van der Waals surface area (Å²) < 4.78 is 1.69. The molecule has 0 aromatic carbocycles. The van der Waals surface area contributed by atoms with E-state index in [0.717, 1.165) is 0 Å². The lowest BCUT2D eigenvalue weighted by molar-refractivity contribution is -0.669. The predicted molar refractivity (Wildman–Crippen MR) is 141 cm³/mol. The first kappa shape index (κ1) is 33.2. The van der Waals surface area contributed by atoms with Gasteiger partial charge in [-0.2, -0.15) is 31.3 Å². The van der Waals surface area contributed by atoms with Crippen LogP contribution < -0.4 is 0 Å². The molecule has 0 radical (unpaired) electrons. The van der Waals surface area contributed by atoms with Crippen molar-refractivity contribution in [2.24, 2.45) is 38.0 Å². The van der Waals surface area contributed by atoms with Gasteiger partial charge < -0.3 is 0 Å². The second-order valence-corrected chi connectivity index (χ2v) is 12.8. The minimum absolute atomic E-state index is 0.0720. The third kappa shape index (κ3) is 6.48. The van der Waals surface area contributed by atoms with Crippen LogP contribution in [0.3, 0.4) is 0 Å². The molecule has 0 saturated carbocycles. The molecule has 0 fully saturated rings. The number of rotatable bonds is 10. The SMILES string of the molecule is CCC(C#N)(N=NC(C#N)(CC[N+](=NC(C)(C#N)C(C)(C)C)C(C)(C#N)C(C)(C)C)C(C)C)C(C)C. The smallest absolute Gasteiger partial charge is 0.196 e. The van der Waals surface area contributed by atoms with E-state index in [-0.39, 0.29) is 24.8 Å². The minimum Gasteiger partial charge on any atom is -0.196 e. The van der Waals surface area contributed by atoms with Crippen molar-refractivity contribution in [1.82, 2.24) is 0 Å². The molecule has 0 N–H and O–H groups in total. The zero-order valence-electron chi connectivity index (χ0n) is 24.9. The fraction of sp³-hybridized carbons (Fsp3) is 0.857. The zero-order valence-corrected chi connectivity index (χ0v) is 24.9. The van der Waals surface area contributed by atoms with Crippen LogP contribution in [0.4, 0.5) is 0 Å². The van der Waals surface area contributed by atoms with E-state index in [2.05, 4.69) is 34.5 Å². The molecule has 8 nitrogen and oxygen atoms in total. The number of nitriles is 4. The van der Waals surface area contributed by atoms with Gasteiger partial charge in [0.25, 0.3) is 5.54 Å². The molecule has 0 amide bonds. The molecule has 36 heavy (non-hydrogen) atoms. The van der Waals surface area contributed by atoms with Crippen LogP contribution in [0.2, 0.25) is 0 Å². The van der Waals surface area contributed by atoms with Gasteiger partial charge in [-0.25, -0.2) is 0 Å². The Morgan fingerprint density at radius 1 is 0.667 bits per heavy atom. The van der Waals surface area contributed by atoms with Crippen LogP contribution in [0.1, 0.15) is 103 Å². The highest BCUT2D eigenvalue weighted by atomic mass is 15.3. The summed E-state index contributed by atoms with van der Waals surface area (Å²) >= 11 is 0. The quantitative estimate of drug-likeness (QED) is 0.234. The van der Waals surface area contributed by atoms with E-state index in [0.29, 0.717) is 6.42 Å². The first-order chi connectivity index (χ1) is 16.2. The highest BCUT2D eigenvalue weighted by Gasteiger charge is 2.53. The molecule has 4 atom stereocenters. The summed E-state index contributed by atoms with van der Waals surface area (Å²) in [5.74, 6) is -0.279. The first-order valence-corrected chi connectivity index (χ1v) is 12.8. The Morgan fingerprint density at radius 2 is 1.11 bits per heavy atom. The molecule has 0 heterocycles. The van der Waals surface area contributed by atoms with Gasteiger partial charge in [-0.1, -0.05) is 76.2 Å². The highest BCUT2D eigenvalue weighted by molar-refractivity contribution is 5.14. The Labute approximate surface area is 219 Å². The zero-order chi connectivity index (χ0) is 28.8. The van der Waals surface area contributed by atoms with Gasteiger partial charge in [0.1, 0.15) is 6.07 Å². The molecule has 0 saturated heterocycles. The van der Waals surface area contributed by atoms with E-state index in [1.807, 2.05) is 83.1 Å². The third-order valence-electron chi connectivity index (χ3n) is 8.14. The summed E-state index contributed by atoms with van der Waals surface area (Å²) in [5.41, 5.74) is -5.42. The molecule has 0 rings (SSSR count). The lowest BCUT2D eigenvalue weighted by Crippen LogP contribution is -2.52. The molecular weight excluding hydrogens is 448 g/mol. The fourth-order valence-corrected chi connectivity index (χ4v) is 3.51. The average Bonchev–Trinajstić information content (AvgIpc) is 2.78. The summed E-state index contributed by atoms with van der Waals surface area (Å²) in [6, 6.07) is 9.43. The van der Waals surface area contributed by atoms with E-state index in [4.69, 9.17) is 5.11 Å². The minimum atomic E-state index is -1.22.